The number of carbonyl (C=O) groups excluding carboxylic acids is 1. The molecule has 0 aliphatic carbocycles. The number of hydrogen-bond acceptors (Lipinski definition) is 4. The third-order valence-electron chi connectivity index (χ3n) is 4.18. The zero-order valence-corrected chi connectivity index (χ0v) is 14.9. The first-order chi connectivity index (χ1) is 12.0. The largest absolute Gasteiger partial charge is 0.486 e. The second-order valence-electron chi connectivity index (χ2n) is 6.45. The zero-order valence-electron chi connectivity index (χ0n) is 14.9. The van der Waals surface area contributed by atoms with E-state index in [1.165, 1.54) is 5.56 Å². The van der Waals surface area contributed by atoms with Crippen LogP contribution in [-0.2, 0) is 4.79 Å². The van der Waals surface area contributed by atoms with Crippen molar-refractivity contribution < 1.29 is 14.3 Å². The number of benzene rings is 2. The Morgan fingerprint density at radius 2 is 1.88 bits per heavy atom. The minimum Gasteiger partial charge on any atom is -0.486 e. The monoisotopic (exact) mass is 340 g/mol. The Balaban J connectivity index is 1.64. The van der Waals surface area contributed by atoms with Gasteiger partial charge in [-0.1, -0.05) is 32.0 Å². The van der Waals surface area contributed by atoms with Crippen LogP contribution < -0.4 is 20.1 Å². The van der Waals surface area contributed by atoms with Crippen molar-refractivity contribution in [3.05, 3.63) is 47.5 Å². The summed E-state index contributed by atoms with van der Waals surface area (Å²) in [7, 11) is 0. The van der Waals surface area contributed by atoms with Crippen LogP contribution >= 0.6 is 0 Å². The van der Waals surface area contributed by atoms with Gasteiger partial charge in [0.15, 0.2) is 11.5 Å². The lowest BCUT2D eigenvalue weighted by Crippen LogP contribution is -2.23. The van der Waals surface area contributed by atoms with Crippen molar-refractivity contribution in [3.8, 4) is 11.5 Å². The molecular weight excluding hydrogens is 316 g/mol. The average molecular weight is 340 g/mol. The number of anilines is 2. The summed E-state index contributed by atoms with van der Waals surface area (Å²) in [5.41, 5.74) is 4.09. The van der Waals surface area contributed by atoms with Gasteiger partial charge >= 0.3 is 0 Å². The molecule has 0 atom stereocenters. The number of rotatable bonds is 5. The van der Waals surface area contributed by atoms with Gasteiger partial charge in [0.25, 0.3) is 0 Å². The Labute approximate surface area is 148 Å². The maximum atomic E-state index is 12.3. The second kappa shape index (κ2) is 7.47. The molecule has 1 amide bonds. The summed E-state index contributed by atoms with van der Waals surface area (Å²) in [5.74, 6) is 1.67. The van der Waals surface area contributed by atoms with Crippen molar-refractivity contribution in [2.24, 2.45) is 0 Å². The Bertz CT molecular complexity index is 772. The molecule has 0 spiro atoms. The number of ether oxygens (including phenoxy) is 2. The first kappa shape index (κ1) is 17.1. The molecule has 2 N–H and O–H groups in total. The molecule has 3 rings (SSSR count). The smallest absolute Gasteiger partial charge is 0.243 e. The fraction of sp³-hybridized carbons (Fsp3) is 0.350. The van der Waals surface area contributed by atoms with E-state index in [1.807, 2.05) is 31.2 Å². The quantitative estimate of drug-likeness (QED) is 0.865. The van der Waals surface area contributed by atoms with Gasteiger partial charge in [-0.2, -0.15) is 0 Å². The molecule has 1 heterocycles. The summed E-state index contributed by atoms with van der Waals surface area (Å²) in [6.45, 7) is 7.63. The average Bonchev–Trinajstić information content (AvgIpc) is 2.60. The fourth-order valence-electron chi connectivity index (χ4n) is 2.91. The molecule has 0 radical (unpaired) electrons. The Morgan fingerprint density at radius 3 is 2.64 bits per heavy atom. The maximum absolute atomic E-state index is 12.3. The molecule has 1 aliphatic heterocycles. The number of aryl methyl sites for hydroxylation is 1. The van der Waals surface area contributed by atoms with E-state index in [4.69, 9.17) is 9.47 Å². The highest BCUT2D eigenvalue weighted by atomic mass is 16.6. The number of para-hydroxylation sites is 1. The van der Waals surface area contributed by atoms with E-state index in [9.17, 15) is 4.79 Å². The van der Waals surface area contributed by atoms with Crippen LogP contribution in [0.4, 0.5) is 11.4 Å². The van der Waals surface area contributed by atoms with Gasteiger partial charge in [0.1, 0.15) is 13.2 Å². The number of fused-ring (bicyclic) bond motifs is 1. The molecule has 0 saturated heterocycles. The minimum absolute atomic E-state index is 0.102. The first-order valence-electron chi connectivity index (χ1n) is 8.57. The van der Waals surface area contributed by atoms with E-state index in [-0.39, 0.29) is 12.5 Å². The van der Waals surface area contributed by atoms with Gasteiger partial charge in [0, 0.05) is 17.4 Å². The Morgan fingerprint density at radius 1 is 1.12 bits per heavy atom. The van der Waals surface area contributed by atoms with E-state index in [0.29, 0.717) is 36.3 Å². The minimum atomic E-state index is -0.102. The summed E-state index contributed by atoms with van der Waals surface area (Å²) >= 11 is 0. The van der Waals surface area contributed by atoms with E-state index >= 15 is 0 Å². The standard InChI is InChI=1S/C20H24N2O3/c1-13(2)16-6-4-5-14(3)20(16)21-12-19(23)22-15-7-8-17-18(11-15)25-10-9-24-17/h4-8,11,13,21H,9-10,12H2,1-3H3,(H,22,23). The first-order valence-corrected chi connectivity index (χ1v) is 8.57. The van der Waals surface area contributed by atoms with Gasteiger partial charge in [-0.25, -0.2) is 0 Å². The van der Waals surface area contributed by atoms with Crippen LogP contribution in [0.5, 0.6) is 11.5 Å². The summed E-state index contributed by atoms with van der Waals surface area (Å²) in [5, 5.41) is 6.17. The van der Waals surface area contributed by atoms with Gasteiger partial charge in [0.05, 0.1) is 6.54 Å². The van der Waals surface area contributed by atoms with Crippen molar-refractivity contribution in [1.82, 2.24) is 0 Å². The van der Waals surface area contributed by atoms with E-state index in [1.54, 1.807) is 6.07 Å². The van der Waals surface area contributed by atoms with Crippen molar-refractivity contribution in [1.29, 1.82) is 0 Å². The third kappa shape index (κ3) is 4.05. The van der Waals surface area contributed by atoms with E-state index < -0.39 is 0 Å². The van der Waals surface area contributed by atoms with Crippen LogP contribution in [0.3, 0.4) is 0 Å². The van der Waals surface area contributed by atoms with E-state index in [2.05, 4.69) is 30.5 Å². The number of amides is 1. The predicted octanol–water partition coefficient (Wildman–Crippen LogP) is 3.94. The fourth-order valence-corrected chi connectivity index (χ4v) is 2.91. The van der Waals surface area contributed by atoms with Crippen LogP contribution in [0.25, 0.3) is 0 Å². The van der Waals surface area contributed by atoms with Crippen LogP contribution in [-0.4, -0.2) is 25.7 Å². The van der Waals surface area contributed by atoms with Gasteiger partial charge in [-0.05, 0) is 36.1 Å². The zero-order chi connectivity index (χ0) is 17.8. The lowest BCUT2D eigenvalue weighted by atomic mass is 9.98. The molecule has 5 nitrogen and oxygen atoms in total. The van der Waals surface area contributed by atoms with Gasteiger partial charge in [-0.15, -0.1) is 0 Å². The summed E-state index contributed by atoms with van der Waals surface area (Å²) in [6, 6.07) is 11.6. The van der Waals surface area contributed by atoms with Gasteiger partial charge in [0.2, 0.25) is 5.91 Å². The number of hydrogen-bond donors (Lipinski definition) is 2. The third-order valence-corrected chi connectivity index (χ3v) is 4.18. The predicted molar refractivity (Wildman–Crippen MR) is 99.8 cm³/mol. The molecule has 2 aromatic carbocycles. The molecule has 0 aromatic heterocycles. The second-order valence-corrected chi connectivity index (χ2v) is 6.45. The topological polar surface area (TPSA) is 59.6 Å². The summed E-state index contributed by atoms with van der Waals surface area (Å²) < 4.78 is 11.0. The summed E-state index contributed by atoms with van der Waals surface area (Å²) in [4.78, 5) is 12.3. The molecule has 0 unspecified atom stereocenters. The van der Waals surface area contributed by atoms with Crippen molar-refractivity contribution in [2.45, 2.75) is 26.7 Å². The molecule has 2 aromatic rings. The van der Waals surface area contributed by atoms with Crippen LogP contribution in [0.2, 0.25) is 0 Å². The van der Waals surface area contributed by atoms with Crippen molar-refractivity contribution >= 4 is 17.3 Å². The van der Waals surface area contributed by atoms with Crippen LogP contribution in [0.1, 0.15) is 30.9 Å². The number of nitrogens with one attached hydrogen (secondary N) is 2. The highest BCUT2D eigenvalue weighted by Crippen LogP contribution is 2.32. The van der Waals surface area contributed by atoms with Gasteiger partial charge in [-0.3, -0.25) is 4.79 Å². The highest BCUT2D eigenvalue weighted by molar-refractivity contribution is 5.94. The molecule has 132 valence electrons. The van der Waals surface area contributed by atoms with Gasteiger partial charge < -0.3 is 20.1 Å². The van der Waals surface area contributed by atoms with E-state index in [0.717, 1.165) is 11.3 Å². The van der Waals surface area contributed by atoms with Crippen molar-refractivity contribution in [3.63, 3.8) is 0 Å². The van der Waals surface area contributed by atoms with Crippen molar-refractivity contribution in [2.75, 3.05) is 30.4 Å². The Kier molecular flexibility index (Phi) is 5.12. The normalized spacial score (nSPS) is 12.8. The molecule has 0 saturated carbocycles. The molecule has 0 fully saturated rings. The highest BCUT2D eigenvalue weighted by Gasteiger charge is 2.14. The SMILES string of the molecule is Cc1cccc(C(C)C)c1NCC(=O)Nc1ccc2c(c1)OCCO2. The molecule has 1 aliphatic rings. The Hall–Kier alpha value is -2.69. The van der Waals surface area contributed by atoms with Crippen LogP contribution in [0, 0.1) is 6.92 Å². The molecule has 0 bridgehead atoms. The molecular formula is C20H24N2O3. The maximum Gasteiger partial charge on any atom is 0.243 e. The molecule has 5 heteroatoms. The number of carbonyl (C=O) groups is 1. The summed E-state index contributed by atoms with van der Waals surface area (Å²) in [6.07, 6.45) is 0. The van der Waals surface area contributed by atoms with Crippen LogP contribution in [0.15, 0.2) is 36.4 Å². The lowest BCUT2D eigenvalue weighted by molar-refractivity contribution is -0.114. The lowest BCUT2D eigenvalue weighted by Gasteiger charge is -2.19. The molecule has 25 heavy (non-hydrogen) atoms.